The van der Waals surface area contributed by atoms with Gasteiger partial charge in [-0.15, -0.1) is 0 Å². The van der Waals surface area contributed by atoms with Crippen LogP contribution in [0.3, 0.4) is 0 Å². The number of nitrogens with one attached hydrogen (secondary N) is 1. The van der Waals surface area contributed by atoms with Crippen LogP contribution in [-0.2, 0) is 0 Å². The van der Waals surface area contributed by atoms with Crippen molar-refractivity contribution in [1.82, 2.24) is 5.32 Å². The molecule has 3 rings (SSSR count). The van der Waals surface area contributed by atoms with Gasteiger partial charge in [0.25, 0.3) is 0 Å². The third-order valence-corrected chi connectivity index (χ3v) is 6.53. The van der Waals surface area contributed by atoms with E-state index in [4.69, 9.17) is 0 Å². The quantitative estimate of drug-likeness (QED) is 0.788. The molecule has 0 aromatic heterocycles. The molecule has 110 valence electrons. The maximum Gasteiger partial charge on any atom is 0.0295 e. The fourth-order valence-electron chi connectivity index (χ4n) is 4.84. The summed E-state index contributed by atoms with van der Waals surface area (Å²) in [6, 6.07) is 9.73. The summed E-state index contributed by atoms with van der Waals surface area (Å²) in [7, 11) is 0. The van der Waals surface area contributed by atoms with E-state index >= 15 is 0 Å². The van der Waals surface area contributed by atoms with E-state index in [1.54, 1.807) is 0 Å². The fourth-order valence-corrected chi connectivity index (χ4v) is 5.26. The third kappa shape index (κ3) is 2.25. The van der Waals surface area contributed by atoms with Gasteiger partial charge in [-0.05, 0) is 60.6 Å². The molecule has 2 fully saturated rings. The zero-order chi connectivity index (χ0) is 14.5. The molecule has 2 saturated carbocycles. The molecule has 2 heteroatoms. The fraction of sp³-hybridized carbons (Fsp3) is 0.667. The minimum atomic E-state index is 0.410. The van der Waals surface area contributed by atoms with Gasteiger partial charge >= 0.3 is 0 Å². The summed E-state index contributed by atoms with van der Waals surface area (Å²) in [6.45, 7) is 9.72. The number of hydrogen-bond donors (Lipinski definition) is 1. The smallest absolute Gasteiger partial charge is 0.0295 e. The summed E-state index contributed by atoms with van der Waals surface area (Å²) in [5.41, 5.74) is 2.29. The van der Waals surface area contributed by atoms with E-state index in [9.17, 15) is 0 Å². The monoisotopic (exact) mass is 335 g/mol. The van der Waals surface area contributed by atoms with Gasteiger partial charge in [-0.3, -0.25) is 0 Å². The Balaban J connectivity index is 1.80. The van der Waals surface area contributed by atoms with E-state index in [0.717, 1.165) is 5.92 Å². The number of rotatable bonds is 3. The van der Waals surface area contributed by atoms with Crippen LogP contribution in [0.2, 0.25) is 0 Å². The minimum Gasteiger partial charge on any atom is -0.306 e. The SMILES string of the molecule is C[C@H](NC1C(C)(C)[C@H]2CC[C@]1(C)C2)c1cccc(Br)c1. The Morgan fingerprint density at radius 1 is 1.30 bits per heavy atom. The van der Waals surface area contributed by atoms with Crippen LogP contribution in [0, 0.1) is 16.7 Å². The second kappa shape index (κ2) is 4.84. The zero-order valence-corrected chi connectivity index (χ0v) is 14.6. The van der Waals surface area contributed by atoms with Crippen molar-refractivity contribution in [2.45, 2.75) is 59.0 Å². The van der Waals surface area contributed by atoms with Crippen LogP contribution < -0.4 is 5.32 Å². The summed E-state index contributed by atoms with van der Waals surface area (Å²) in [4.78, 5) is 0. The maximum absolute atomic E-state index is 3.96. The Kier molecular flexibility index (Phi) is 3.53. The lowest BCUT2D eigenvalue weighted by Gasteiger charge is -2.44. The Morgan fingerprint density at radius 2 is 2.05 bits per heavy atom. The molecule has 0 spiro atoms. The topological polar surface area (TPSA) is 12.0 Å². The molecule has 20 heavy (non-hydrogen) atoms. The molecule has 0 heterocycles. The molecule has 0 amide bonds. The van der Waals surface area contributed by atoms with Crippen LogP contribution in [0.5, 0.6) is 0 Å². The van der Waals surface area contributed by atoms with Crippen molar-refractivity contribution in [2.75, 3.05) is 0 Å². The normalized spacial score (nSPS) is 36.2. The average molecular weight is 336 g/mol. The van der Waals surface area contributed by atoms with Gasteiger partial charge in [-0.2, -0.15) is 0 Å². The van der Waals surface area contributed by atoms with Gasteiger partial charge in [0, 0.05) is 16.6 Å². The van der Waals surface area contributed by atoms with E-state index < -0.39 is 0 Å². The molecule has 1 N–H and O–H groups in total. The van der Waals surface area contributed by atoms with Crippen LogP contribution in [-0.4, -0.2) is 6.04 Å². The third-order valence-electron chi connectivity index (χ3n) is 6.04. The maximum atomic E-state index is 3.96. The summed E-state index contributed by atoms with van der Waals surface area (Å²) >= 11 is 3.58. The van der Waals surface area contributed by atoms with Gasteiger partial charge < -0.3 is 5.32 Å². The predicted molar refractivity (Wildman–Crippen MR) is 88.7 cm³/mol. The zero-order valence-electron chi connectivity index (χ0n) is 13.0. The van der Waals surface area contributed by atoms with Crippen molar-refractivity contribution in [3.8, 4) is 0 Å². The Bertz CT molecular complexity index is 505. The Labute approximate surface area is 131 Å². The highest BCUT2D eigenvalue weighted by Crippen LogP contribution is 2.62. The molecule has 1 nitrogen and oxygen atoms in total. The lowest BCUT2D eigenvalue weighted by Crippen LogP contribution is -2.50. The number of hydrogen-bond acceptors (Lipinski definition) is 1. The first-order chi connectivity index (χ1) is 9.33. The molecule has 0 aliphatic heterocycles. The summed E-state index contributed by atoms with van der Waals surface area (Å²) in [5, 5.41) is 3.96. The summed E-state index contributed by atoms with van der Waals surface area (Å²) in [6.07, 6.45) is 4.22. The molecule has 1 aromatic rings. The number of fused-ring (bicyclic) bond motifs is 2. The molecular weight excluding hydrogens is 310 g/mol. The van der Waals surface area contributed by atoms with Crippen molar-refractivity contribution < 1.29 is 0 Å². The Morgan fingerprint density at radius 3 is 2.65 bits per heavy atom. The molecule has 2 bridgehead atoms. The van der Waals surface area contributed by atoms with E-state index in [2.05, 4.69) is 73.2 Å². The van der Waals surface area contributed by atoms with Gasteiger partial charge in [-0.1, -0.05) is 48.8 Å². The molecule has 1 unspecified atom stereocenters. The minimum absolute atomic E-state index is 0.410. The largest absolute Gasteiger partial charge is 0.306 e. The van der Waals surface area contributed by atoms with Crippen LogP contribution in [0.1, 0.15) is 58.6 Å². The van der Waals surface area contributed by atoms with Gasteiger partial charge in [0.2, 0.25) is 0 Å². The first kappa shape index (κ1) is 14.6. The van der Waals surface area contributed by atoms with Crippen LogP contribution in [0.15, 0.2) is 28.7 Å². The highest BCUT2D eigenvalue weighted by Gasteiger charge is 2.59. The number of benzene rings is 1. The highest BCUT2D eigenvalue weighted by molar-refractivity contribution is 9.10. The average Bonchev–Trinajstić information content (AvgIpc) is 2.85. The lowest BCUT2D eigenvalue weighted by molar-refractivity contribution is 0.100. The molecular formula is C18H26BrN. The van der Waals surface area contributed by atoms with Crippen LogP contribution in [0.25, 0.3) is 0 Å². The standard InChI is InChI=1S/C18H26BrN/c1-12(13-6-5-7-15(19)10-13)20-16-17(2,3)14-8-9-18(16,4)11-14/h5-7,10,12,14,16,20H,8-9,11H2,1-4H3/t12-,14-,16?,18+/m0/s1. The predicted octanol–water partition coefficient (Wildman–Crippen LogP) is 5.31. The van der Waals surface area contributed by atoms with Gasteiger partial charge in [0.1, 0.15) is 0 Å². The van der Waals surface area contributed by atoms with E-state index in [1.165, 1.54) is 29.3 Å². The van der Waals surface area contributed by atoms with Crippen LogP contribution >= 0.6 is 15.9 Å². The molecule has 1 aromatic carbocycles. The molecule has 0 saturated heterocycles. The highest BCUT2D eigenvalue weighted by atomic mass is 79.9. The van der Waals surface area contributed by atoms with E-state index in [0.29, 0.717) is 22.9 Å². The first-order valence-electron chi connectivity index (χ1n) is 7.84. The van der Waals surface area contributed by atoms with Crippen LogP contribution in [0.4, 0.5) is 0 Å². The number of halogens is 1. The van der Waals surface area contributed by atoms with Gasteiger partial charge in [-0.25, -0.2) is 0 Å². The lowest BCUT2D eigenvalue weighted by atomic mass is 9.68. The second-order valence-corrected chi connectivity index (χ2v) is 8.71. The van der Waals surface area contributed by atoms with Crippen molar-refractivity contribution in [1.29, 1.82) is 0 Å². The summed E-state index contributed by atoms with van der Waals surface area (Å²) in [5.74, 6) is 0.903. The first-order valence-corrected chi connectivity index (χ1v) is 8.64. The van der Waals surface area contributed by atoms with E-state index in [-0.39, 0.29) is 0 Å². The van der Waals surface area contributed by atoms with Crippen molar-refractivity contribution >= 4 is 15.9 Å². The summed E-state index contributed by atoms with van der Waals surface area (Å²) < 4.78 is 1.17. The van der Waals surface area contributed by atoms with Crippen molar-refractivity contribution in [3.05, 3.63) is 34.3 Å². The second-order valence-electron chi connectivity index (χ2n) is 7.79. The van der Waals surface area contributed by atoms with Crippen molar-refractivity contribution in [2.24, 2.45) is 16.7 Å². The molecule has 2 aliphatic carbocycles. The molecule has 4 atom stereocenters. The van der Waals surface area contributed by atoms with E-state index in [1.807, 2.05) is 0 Å². The molecule has 2 aliphatic rings. The van der Waals surface area contributed by atoms with Gasteiger partial charge in [0.05, 0.1) is 0 Å². The molecule has 0 radical (unpaired) electrons. The van der Waals surface area contributed by atoms with Gasteiger partial charge in [0.15, 0.2) is 0 Å². The van der Waals surface area contributed by atoms with Crippen molar-refractivity contribution in [3.63, 3.8) is 0 Å². The Hall–Kier alpha value is -0.340.